The van der Waals surface area contributed by atoms with Crippen LogP contribution in [0.2, 0.25) is 4.34 Å². The van der Waals surface area contributed by atoms with E-state index in [-0.39, 0.29) is 12.5 Å². The van der Waals surface area contributed by atoms with Crippen LogP contribution in [-0.4, -0.2) is 53.9 Å². The van der Waals surface area contributed by atoms with Crippen LogP contribution in [0.1, 0.15) is 30.7 Å². The second-order valence-electron chi connectivity index (χ2n) is 7.77. The van der Waals surface area contributed by atoms with Crippen LogP contribution in [0.5, 0.6) is 11.5 Å². The fourth-order valence-corrected chi connectivity index (χ4v) is 4.85. The van der Waals surface area contributed by atoms with Crippen LogP contribution < -0.4 is 14.8 Å². The largest absolute Gasteiger partial charge is 0.490 e. The van der Waals surface area contributed by atoms with E-state index in [0.717, 1.165) is 16.2 Å². The van der Waals surface area contributed by atoms with Gasteiger partial charge in [0.05, 0.1) is 24.1 Å². The lowest BCUT2D eigenvalue weighted by atomic mass is 9.91. The van der Waals surface area contributed by atoms with Crippen molar-refractivity contribution in [3.05, 3.63) is 45.1 Å². The summed E-state index contributed by atoms with van der Waals surface area (Å²) >= 11 is 7.37. The van der Waals surface area contributed by atoms with Crippen LogP contribution in [0, 0.1) is 0 Å². The zero-order chi connectivity index (χ0) is 22.9. The minimum atomic E-state index is -1.31. The van der Waals surface area contributed by atoms with Gasteiger partial charge < -0.3 is 19.7 Å². The highest BCUT2D eigenvalue weighted by molar-refractivity contribution is 7.16. The Morgan fingerprint density at radius 3 is 2.66 bits per heavy atom. The molecule has 8 nitrogen and oxygen atoms in total. The van der Waals surface area contributed by atoms with Crippen LogP contribution in [0.15, 0.2) is 30.3 Å². The van der Waals surface area contributed by atoms with E-state index in [9.17, 15) is 14.4 Å². The number of thiophene rings is 1. The average molecular weight is 478 g/mol. The van der Waals surface area contributed by atoms with E-state index in [2.05, 4.69) is 5.32 Å². The Labute approximate surface area is 195 Å². The quantitative estimate of drug-likeness (QED) is 0.644. The van der Waals surface area contributed by atoms with Gasteiger partial charge in [-0.2, -0.15) is 0 Å². The van der Waals surface area contributed by atoms with Gasteiger partial charge in [-0.25, -0.2) is 4.79 Å². The number of imide groups is 1. The van der Waals surface area contributed by atoms with Gasteiger partial charge in [0, 0.05) is 17.8 Å². The highest BCUT2D eigenvalue weighted by Gasteiger charge is 2.50. The Hall–Kier alpha value is -2.78. The van der Waals surface area contributed by atoms with Crippen molar-refractivity contribution in [2.24, 2.45) is 0 Å². The normalized spacial score (nSPS) is 20.2. The maximum atomic E-state index is 13.3. The molecule has 2 aromatic rings. The molecule has 1 aromatic heterocycles. The molecule has 32 heavy (non-hydrogen) atoms. The molecule has 1 N–H and O–H groups in total. The molecule has 4 amide bonds. The predicted octanol–water partition coefficient (Wildman–Crippen LogP) is 3.38. The first-order valence-electron chi connectivity index (χ1n) is 10.4. The smallest absolute Gasteiger partial charge is 0.325 e. The summed E-state index contributed by atoms with van der Waals surface area (Å²) in [6.45, 7) is 5.02. The summed E-state index contributed by atoms with van der Waals surface area (Å²) in [5.74, 6) is 0.333. The molecule has 170 valence electrons. The number of carbonyl (C=O) groups is 3. The monoisotopic (exact) mass is 477 g/mol. The van der Waals surface area contributed by atoms with Gasteiger partial charge in [0.25, 0.3) is 5.91 Å². The summed E-state index contributed by atoms with van der Waals surface area (Å²) in [4.78, 5) is 42.3. The summed E-state index contributed by atoms with van der Waals surface area (Å²) in [5.41, 5.74) is -0.740. The predicted molar refractivity (Wildman–Crippen MR) is 120 cm³/mol. The van der Waals surface area contributed by atoms with E-state index in [1.54, 1.807) is 36.1 Å². The standard InChI is InChI=1S/C22H24ClN3O5S/c1-3-25(12-15-6-8-18(23)32-15)19(27)13-26-20(28)22(2,24-21(26)29)14-5-7-16-17(11-14)31-10-4-9-30-16/h5-8,11H,3-4,9-10,12-13H2,1-2H3,(H,24,29). The highest BCUT2D eigenvalue weighted by atomic mass is 35.5. The minimum Gasteiger partial charge on any atom is -0.490 e. The van der Waals surface area contributed by atoms with Gasteiger partial charge in [-0.15, -0.1) is 11.3 Å². The SMILES string of the molecule is CCN(Cc1ccc(Cl)s1)C(=O)CN1C(=O)NC(C)(c2ccc3c(c2)OCCCO3)C1=O. The highest BCUT2D eigenvalue weighted by Crippen LogP contribution is 2.36. The average Bonchev–Trinajstić information content (AvgIpc) is 3.16. The lowest BCUT2D eigenvalue weighted by molar-refractivity contribution is -0.139. The molecule has 2 aliphatic rings. The number of rotatable bonds is 6. The lowest BCUT2D eigenvalue weighted by Gasteiger charge is -2.25. The zero-order valence-corrected chi connectivity index (χ0v) is 19.4. The lowest BCUT2D eigenvalue weighted by Crippen LogP contribution is -2.44. The maximum Gasteiger partial charge on any atom is 0.325 e. The Kier molecular flexibility index (Phi) is 6.30. The summed E-state index contributed by atoms with van der Waals surface area (Å²) in [6.07, 6.45) is 0.762. The van der Waals surface area contributed by atoms with Crippen molar-refractivity contribution in [3.63, 3.8) is 0 Å². The first-order valence-corrected chi connectivity index (χ1v) is 11.6. The zero-order valence-electron chi connectivity index (χ0n) is 17.9. The van der Waals surface area contributed by atoms with E-state index in [1.165, 1.54) is 11.3 Å². The topological polar surface area (TPSA) is 88.2 Å². The second kappa shape index (κ2) is 8.99. The van der Waals surface area contributed by atoms with Gasteiger partial charge in [-0.1, -0.05) is 17.7 Å². The molecule has 1 atom stereocenters. The van der Waals surface area contributed by atoms with Gasteiger partial charge in [0.1, 0.15) is 12.1 Å². The Morgan fingerprint density at radius 1 is 1.22 bits per heavy atom. The molecule has 1 fully saturated rings. The number of fused-ring (bicyclic) bond motifs is 1. The molecule has 4 rings (SSSR count). The third-order valence-electron chi connectivity index (χ3n) is 5.60. The number of amides is 4. The number of hydrogen-bond acceptors (Lipinski definition) is 6. The number of nitrogens with zero attached hydrogens (tertiary/aromatic N) is 2. The molecule has 1 saturated heterocycles. The number of likely N-dealkylation sites (N-methyl/N-ethyl adjacent to an activating group) is 1. The van der Waals surface area contributed by atoms with E-state index >= 15 is 0 Å². The fraction of sp³-hybridized carbons (Fsp3) is 0.409. The molecule has 0 aliphatic carbocycles. The maximum absolute atomic E-state index is 13.3. The van der Waals surface area contributed by atoms with Crippen LogP contribution in [-0.2, 0) is 21.7 Å². The first-order chi connectivity index (χ1) is 15.3. The van der Waals surface area contributed by atoms with Crippen molar-refractivity contribution in [3.8, 4) is 11.5 Å². The van der Waals surface area contributed by atoms with E-state index in [0.29, 0.717) is 47.7 Å². The Morgan fingerprint density at radius 2 is 1.97 bits per heavy atom. The van der Waals surface area contributed by atoms with Crippen LogP contribution in [0.25, 0.3) is 0 Å². The van der Waals surface area contributed by atoms with Crippen molar-refractivity contribution < 1.29 is 23.9 Å². The molecule has 3 heterocycles. The van der Waals surface area contributed by atoms with Crippen LogP contribution >= 0.6 is 22.9 Å². The molecule has 0 spiro atoms. The summed E-state index contributed by atoms with van der Waals surface area (Å²) in [7, 11) is 0. The molecule has 0 saturated carbocycles. The van der Waals surface area contributed by atoms with Gasteiger partial charge in [-0.3, -0.25) is 14.5 Å². The summed E-state index contributed by atoms with van der Waals surface area (Å²) < 4.78 is 12.0. The molecule has 2 aliphatic heterocycles. The Balaban J connectivity index is 1.50. The van der Waals surface area contributed by atoms with E-state index < -0.39 is 17.5 Å². The summed E-state index contributed by atoms with van der Waals surface area (Å²) in [6, 6.07) is 8.21. The number of urea groups is 1. The third kappa shape index (κ3) is 4.27. The number of ether oxygens (including phenoxy) is 2. The van der Waals surface area contributed by atoms with Gasteiger partial charge in [-0.05, 0) is 43.7 Å². The fourth-order valence-electron chi connectivity index (χ4n) is 3.75. The Bertz CT molecular complexity index is 1060. The van der Waals surface area contributed by atoms with E-state index in [4.69, 9.17) is 21.1 Å². The number of hydrogen-bond donors (Lipinski definition) is 1. The number of halogens is 1. The van der Waals surface area contributed by atoms with Gasteiger partial charge in [0.2, 0.25) is 5.91 Å². The van der Waals surface area contributed by atoms with E-state index in [1.807, 2.05) is 13.0 Å². The molecule has 0 bridgehead atoms. The van der Waals surface area contributed by atoms with Gasteiger partial charge >= 0.3 is 6.03 Å². The molecular weight excluding hydrogens is 454 g/mol. The number of nitrogens with one attached hydrogen (secondary N) is 1. The second-order valence-corrected chi connectivity index (χ2v) is 9.57. The van der Waals surface area contributed by atoms with Crippen molar-refractivity contribution >= 4 is 40.8 Å². The van der Waals surface area contributed by atoms with Crippen molar-refractivity contribution in [2.75, 3.05) is 26.3 Å². The number of benzene rings is 1. The molecular formula is C22H24ClN3O5S. The van der Waals surface area contributed by atoms with Crippen molar-refractivity contribution in [1.82, 2.24) is 15.1 Å². The van der Waals surface area contributed by atoms with Crippen LogP contribution in [0.3, 0.4) is 0 Å². The third-order valence-corrected chi connectivity index (χ3v) is 6.82. The number of carbonyl (C=O) groups excluding carboxylic acids is 3. The molecule has 10 heteroatoms. The minimum absolute atomic E-state index is 0.316. The molecule has 1 aromatic carbocycles. The summed E-state index contributed by atoms with van der Waals surface area (Å²) in [5, 5.41) is 2.74. The molecule has 0 radical (unpaired) electrons. The van der Waals surface area contributed by atoms with Crippen LogP contribution in [0.4, 0.5) is 4.79 Å². The first kappa shape index (κ1) is 22.4. The van der Waals surface area contributed by atoms with Crippen molar-refractivity contribution in [2.45, 2.75) is 32.4 Å². The van der Waals surface area contributed by atoms with Gasteiger partial charge in [0.15, 0.2) is 11.5 Å². The van der Waals surface area contributed by atoms with Crippen molar-refractivity contribution in [1.29, 1.82) is 0 Å². The molecule has 1 unspecified atom stereocenters.